The van der Waals surface area contributed by atoms with Crippen LogP contribution in [-0.2, 0) is 7.05 Å². The molecule has 1 fully saturated rings. The minimum atomic E-state index is -1.12. The standard InChI is InChI=1S/C12H17N3O3/c1-8-3-5-15(6-4-8)11(16)9-7-13-14(2)10(9)12(17)18/h7-8H,3-6H2,1-2H3,(H,17,18). The zero-order valence-corrected chi connectivity index (χ0v) is 10.6. The van der Waals surface area contributed by atoms with E-state index >= 15 is 0 Å². The number of hydrogen-bond donors (Lipinski definition) is 1. The first-order valence-electron chi connectivity index (χ1n) is 6.05. The molecule has 6 nitrogen and oxygen atoms in total. The maximum absolute atomic E-state index is 12.3. The van der Waals surface area contributed by atoms with Crippen molar-refractivity contribution < 1.29 is 14.7 Å². The van der Waals surface area contributed by atoms with Crippen molar-refractivity contribution in [1.29, 1.82) is 0 Å². The van der Waals surface area contributed by atoms with Crippen LogP contribution in [0.15, 0.2) is 6.20 Å². The number of piperidine rings is 1. The Morgan fingerprint density at radius 3 is 2.56 bits per heavy atom. The lowest BCUT2D eigenvalue weighted by atomic mass is 9.98. The van der Waals surface area contributed by atoms with Gasteiger partial charge >= 0.3 is 5.97 Å². The van der Waals surface area contributed by atoms with E-state index in [9.17, 15) is 9.59 Å². The number of aromatic nitrogens is 2. The van der Waals surface area contributed by atoms with Gasteiger partial charge in [0.15, 0.2) is 5.69 Å². The molecule has 2 rings (SSSR count). The van der Waals surface area contributed by atoms with Crippen LogP contribution in [0.1, 0.15) is 40.6 Å². The normalized spacial score (nSPS) is 16.9. The molecule has 1 aromatic rings. The molecule has 0 bridgehead atoms. The van der Waals surface area contributed by atoms with Gasteiger partial charge in [-0.25, -0.2) is 4.79 Å². The Kier molecular flexibility index (Phi) is 3.36. The lowest BCUT2D eigenvalue weighted by Gasteiger charge is -2.30. The number of carbonyl (C=O) groups excluding carboxylic acids is 1. The van der Waals surface area contributed by atoms with Crippen molar-refractivity contribution in [1.82, 2.24) is 14.7 Å². The summed E-state index contributed by atoms with van der Waals surface area (Å²) in [6.45, 7) is 3.54. The predicted molar refractivity (Wildman–Crippen MR) is 64.5 cm³/mol. The lowest BCUT2D eigenvalue weighted by Crippen LogP contribution is -2.38. The Bertz CT molecular complexity index is 473. The number of rotatable bonds is 2. The van der Waals surface area contributed by atoms with E-state index in [1.807, 2.05) is 0 Å². The van der Waals surface area contributed by atoms with Crippen LogP contribution in [0.5, 0.6) is 0 Å². The highest BCUT2D eigenvalue weighted by atomic mass is 16.4. The first-order chi connectivity index (χ1) is 8.50. The van der Waals surface area contributed by atoms with E-state index in [0.717, 1.165) is 12.8 Å². The second-order valence-electron chi connectivity index (χ2n) is 4.81. The highest BCUT2D eigenvalue weighted by Gasteiger charge is 2.27. The third kappa shape index (κ3) is 2.23. The Morgan fingerprint density at radius 1 is 1.39 bits per heavy atom. The van der Waals surface area contributed by atoms with Crippen LogP contribution >= 0.6 is 0 Å². The third-order valence-electron chi connectivity index (χ3n) is 3.44. The Hall–Kier alpha value is -1.85. The molecule has 1 aliphatic rings. The largest absolute Gasteiger partial charge is 0.477 e. The van der Waals surface area contributed by atoms with E-state index in [0.29, 0.717) is 19.0 Å². The third-order valence-corrected chi connectivity index (χ3v) is 3.44. The molecule has 1 saturated heterocycles. The highest BCUT2D eigenvalue weighted by molar-refractivity contribution is 6.03. The number of amides is 1. The van der Waals surface area contributed by atoms with Crippen molar-refractivity contribution in [3.05, 3.63) is 17.5 Å². The molecule has 1 N–H and O–H groups in total. The highest BCUT2D eigenvalue weighted by Crippen LogP contribution is 2.19. The van der Waals surface area contributed by atoms with Gasteiger partial charge in [0.05, 0.1) is 11.8 Å². The van der Waals surface area contributed by atoms with Crippen LogP contribution in [0.2, 0.25) is 0 Å². The fraction of sp³-hybridized carbons (Fsp3) is 0.583. The second-order valence-corrected chi connectivity index (χ2v) is 4.81. The van der Waals surface area contributed by atoms with Gasteiger partial charge in [-0.15, -0.1) is 0 Å². The topological polar surface area (TPSA) is 75.4 Å². The van der Waals surface area contributed by atoms with Gasteiger partial charge in [-0.1, -0.05) is 6.92 Å². The fourth-order valence-electron chi connectivity index (χ4n) is 2.23. The molecule has 0 unspecified atom stereocenters. The molecule has 98 valence electrons. The lowest BCUT2D eigenvalue weighted by molar-refractivity contribution is 0.0647. The van der Waals surface area contributed by atoms with Gasteiger partial charge in [0.1, 0.15) is 0 Å². The van der Waals surface area contributed by atoms with Gasteiger partial charge in [0.25, 0.3) is 5.91 Å². The minimum absolute atomic E-state index is 0.0429. The number of aryl methyl sites for hydroxylation is 1. The molecule has 1 amide bonds. The van der Waals surface area contributed by atoms with Gasteiger partial charge in [-0.05, 0) is 18.8 Å². The smallest absolute Gasteiger partial charge is 0.354 e. The van der Waals surface area contributed by atoms with Gasteiger partial charge < -0.3 is 10.0 Å². The summed E-state index contributed by atoms with van der Waals surface area (Å²) in [4.78, 5) is 25.1. The summed E-state index contributed by atoms with van der Waals surface area (Å²) in [5.74, 6) is -0.724. The number of aromatic carboxylic acids is 1. The molecular weight excluding hydrogens is 234 g/mol. The van der Waals surface area contributed by atoms with Crippen molar-refractivity contribution in [3.8, 4) is 0 Å². The van der Waals surface area contributed by atoms with Crippen molar-refractivity contribution >= 4 is 11.9 Å². The van der Waals surface area contributed by atoms with E-state index in [1.54, 1.807) is 4.90 Å². The van der Waals surface area contributed by atoms with Crippen molar-refractivity contribution in [2.75, 3.05) is 13.1 Å². The summed E-state index contributed by atoms with van der Waals surface area (Å²) in [7, 11) is 1.53. The molecule has 0 aromatic carbocycles. The molecule has 1 aromatic heterocycles. The molecule has 6 heteroatoms. The summed E-state index contributed by atoms with van der Waals surface area (Å²) in [6.07, 6.45) is 3.27. The van der Waals surface area contributed by atoms with Crippen LogP contribution in [0.25, 0.3) is 0 Å². The van der Waals surface area contributed by atoms with Crippen molar-refractivity contribution in [3.63, 3.8) is 0 Å². The zero-order valence-electron chi connectivity index (χ0n) is 10.6. The molecular formula is C12H17N3O3. The van der Waals surface area contributed by atoms with Crippen molar-refractivity contribution in [2.45, 2.75) is 19.8 Å². The van der Waals surface area contributed by atoms with E-state index in [1.165, 1.54) is 17.9 Å². The van der Waals surface area contributed by atoms with Crippen LogP contribution < -0.4 is 0 Å². The number of likely N-dealkylation sites (tertiary alicyclic amines) is 1. The van der Waals surface area contributed by atoms with E-state index in [-0.39, 0.29) is 17.2 Å². The number of carbonyl (C=O) groups is 2. The van der Waals surface area contributed by atoms with Gasteiger partial charge in [0, 0.05) is 20.1 Å². The van der Waals surface area contributed by atoms with Crippen LogP contribution in [0.4, 0.5) is 0 Å². The average Bonchev–Trinajstić information content (AvgIpc) is 2.71. The van der Waals surface area contributed by atoms with E-state index in [2.05, 4.69) is 12.0 Å². The average molecular weight is 251 g/mol. The molecule has 0 aliphatic carbocycles. The minimum Gasteiger partial charge on any atom is -0.477 e. The first kappa shape index (κ1) is 12.6. The zero-order chi connectivity index (χ0) is 13.3. The predicted octanol–water partition coefficient (Wildman–Crippen LogP) is 0.990. The summed E-state index contributed by atoms with van der Waals surface area (Å²) in [5.41, 5.74) is 0.137. The summed E-state index contributed by atoms with van der Waals surface area (Å²) >= 11 is 0. The maximum Gasteiger partial charge on any atom is 0.354 e. The number of carboxylic acid groups (broad SMARTS) is 1. The quantitative estimate of drug-likeness (QED) is 0.850. The molecule has 0 spiro atoms. The fourth-order valence-corrected chi connectivity index (χ4v) is 2.23. The van der Waals surface area contributed by atoms with Crippen LogP contribution in [0, 0.1) is 5.92 Å². The number of carboxylic acids is 1. The SMILES string of the molecule is CC1CCN(C(=O)c2cnn(C)c2C(=O)O)CC1. The summed E-state index contributed by atoms with van der Waals surface area (Å²) in [5, 5.41) is 13.0. The molecule has 1 aliphatic heterocycles. The molecule has 0 saturated carbocycles. The Morgan fingerprint density at radius 2 is 2.00 bits per heavy atom. The number of nitrogens with zero attached hydrogens (tertiary/aromatic N) is 3. The maximum atomic E-state index is 12.3. The van der Waals surface area contributed by atoms with Crippen molar-refractivity contribution in [2.24, 2.45) is 13.0 Å². The molecule has 0 radical (unpaired) electrons. The monoisotopic (exact) mass is 251 g/mol. The Labute approximate surface area is 105 Å². The van der Waals surface area contributed by atoms with Gasteiger partial charge in [-0.3, -0.25) is 9.48 Å². The number of hydrogen-bond acceptors (Lipinski definition) is 3. The molecule has 18 heavy (non-hydrogen) atoms. The summed E-state index contributed by atoms with van der Waals surface area (Å²) < 4.78 is 1.22. The molecule has 0 atom stereocenters. The van der Waals surface area contributed by atoms with E-state index in [4.69, 9.17) is 5.11 Å². The van der Waals surface area contributed by atoms with Crippen LogP contribution in [0.3, 0.4) is 0 Å². The first-order valence-corrected chi connectivity index (χ1v) is 6.05. The second kappa shape index (κ2) is 4.80. The van der Waals surface area contributed by atoms with Gasteiger partial charge in [0.2, 0.25) is 0 Å². The molecule has 2 heterocycles. The Balaban J connectivity index is 2.21. The van der Waals surface area contributed by atoms with Gasteiger partial charge in [-0.2, -0.15) is 5.10 Å². The van der Waals surface area contributed by atoms with E-state index < -0.39 is 5.97 Å². The summed E-state index contributed by atoms with van der Waals surface area (Å²) in [6, 6.07) is 0. The van der Waals surface area contributed by atoms with Crippen LogP contribution in [-0.4, -0.2) is 44.8 Å².